The molecular weight excluding hydrogens is 204 g/mol. The molecule has 0 bridgehead atoms. The summed E-state index contributed by atoms with van der Waals surface area (Å²) in [5, 5.41) is 9.22. The Morgan fingerprint density at radius 3 is 2.54 bits per heavy atom. The fraction of sp³-hybridized carbons (Fsp3) is 0.400. The van der Waals surface area contributed by atoms with Crippen molar-refractivity contribution in [3.8, 4) is 0 Å². The van der Waals surface area contributed by atoms with Crippen LogP contribution in [0.25, 0.3) is 0 Å². The van der Waals surface area contributed by atoms with Crippen LogP contribution in [0.1, 0.15) is 5.56 Å². The first-order valence-corrected chi connectivity index (χ1v) is 5.68. The lowest BCUT2D eigenvalue weighted by atomic mass is 10.2. The van der Waals surface area contributed by atoms with Gasteiger partial charge in [0, 0.05) is 16.5 Å². The molecule has 1 rings (SSSR count). The zero-order valence-corrected chi connectivity index (χ0v) is 9.11. The molecule has 0 aliphatic rings. The molecule has 1 nitrogen and oxygen atoms in total. The van der Waals surface area contributed by atoms with E-state index in [1.165, 1.54) is 10.5 Å². The Bertz CT molecular complexity index is 248. The molecule has 3 heteroatoms. The highest BCUT2D eigenvalue weighted by Crippen LogP contribution is 2.19. The number of thioether (sulfide) groups is 1. The maximum atomic E-state index is 9.22. The Hall–Kier alpha value is -0.180. The van der Waals surface area contributed by atoms with Gasteiger partial charge in [0.25, 0.3) is 0 Å². The molecule has 0 amide bonds. The van der Waals surface area contributed by atoms with Crippen molar-refractivity contribution < 1.29 is 5.11 Å². The average Bonchev–Trinajstić information content (AvgIpc) is 2.16. The Labute approximate surface area is 88.1 Å². The van der Waals surface area contributed by atoms with Gasteiger partial charge in [0.2, 0.25) is 0 Å². The van der Waals surface area contributed by atoms with Crippen molar-refractivity contribution in [3.63, 3.8) is 0 Å². The monoisotopic (exact) mass is 216 g/mol. The number of hydrogen-bond donors (Lipinski definition) is 1. The predicted octanol–water partition coefficient (Wildman–Crippen LogP) is 2.69. The van der Waals surface area contributed by atoms with Crippen molar-refractivity contribution in [2.75, 3.05) is 11.6 Å². The highest BCUT2D eigenvalue weighted by Gasteiger charge is 2.02. The number of halogens is 1. The topological polar surface area (TPSA) is 20.2 Å². The summed E-state index contributed by atoms with van der Waals surface area (Å²) in [6, 6.07) is 8.24. The second-order valence-electron chi connectivity index (χ2n) is 2.93. The van der Waals surface area contributed by atoms with Crippen LogP contribution in [0.3, 0.4) is 0 Å². The SMILES string of the molecule is Cc1ccc(SC[C@@H](O)CCl)cc1. The molecule has 1 atom stereocenters. The summed E-state index contributed by atoms with van der Waals surface area (Å²) in [6.45, 7) is 2.06. The lowest BCUT2D eigenvalue weighted by Gasteiger charge is -2.05. The van der Waals surface area contributed by atoms with Gasteiger partial charge < -0.3 is 5.11 Å². The molecule has 0 unspecified atom stereocenters. The van der Waals surface area contributed by atoms with Crippen LogP contribution in [-0.4, -0.2) is 22.8 Å². The fourth-order valence-electron chi connectivity index (χ4n) is 0.871. The molecule has 13 heavy (non-hydrogen) atoms. The summed E-state index contributed by atoms with van der Waals surface area (Å²) in [5.74, 6) is 0.964. The van der Waals surface area contributed by atoms with Gasteiger partial charge in [-0.05, 0) is 19.1 Å². The van der Waals surface area contributed by atoms with Crippen molar-refractivity contribution in [2.45, 2.75) is 17.9 Å². The summed E-state index contributed by atoms with van der Waals surface area (Å²) < 4.78 is 0. The lowest BCUT2D eigenvalue weighted by molar-refractivity contribution is 0.223. The van der Waals surface area contributed by atoms with Crippen LogP contribution >= 0.6 is 23.4 Å². The minimum atomic E-state index is -0.409. The van der Waals surface area contributed by atoms with Crippen LogP contribution in [0.15, 0.2) is 29.2 Å². The molecule has 0 saturated carbocycles. The van der Waals surface area contributed by atoms with E-state index in [-0.39, 0.29) is 0 Å². The van der Waals surface area contributed by atoms with Crippen molar-refractivity contribution in [1.29, 1.82) is 0 Å². The number of hydrogen-bond acceptors (Lipinski definition) is 2. The van der Waals surface area contributed by atoms with Gasteiger partial charge in [-0.2, -0.15) is 0 Å². The second-order valence-corrected chi connectivity index (χ2v) is 4.33. The van der Waals surface area contributed by atoms with E-state index in [9.17, 15) is 5.11 Å². The number of rotatable bonds is 4. The first-order chi connectivity index (χ1) is 6.22. The summed E-state index contributed by atoms with van der Waals surface area (Å²) >= 11 is 7.11. The van der Waals surface area contributed by atoms with Crippen LogP contribution in [0.2, 0.25) is 0 Å². The zero-order chi connectivity index (χ0) is 9.68. The summed E-state index contributed by atoms with van der Waals surface area (Å²) in [4.78, 5) is 1.18. The van der Waals surface area contributed by atoms with Crippen molar-refractivity contribution in [2.24, 2.45) is 0 Å². The van der Waals surface area contributed by atoms with Crippen LogP contribution < -0.4 is 0 Å². The highest BCUT2D eigenvalue weighted by molar-refractivity contribution is 7.99. The number of benzene rings is 1. The summed E-state index contributed by atoms with van der Waals surface area (Å²) in [5.41, 5.74) is 1.25. The zero-order valence-electron chi connectivity index (χ0n) is 7.53. The predicted molar refractivity (Wildman–Crippen MR) is 58.6 cm³/mol. The Morgan fingerprint density at radius 1 is 1.38 bits per heavy atom. The molecule has 0 aliphatic heterocycles. The van der Waals surface area contributed by atoms with Gasteiger partial charge in [0.15, 0.2) is 0 Å². The number of aliphatic hydroxyl groups excluding tert-OH is 1. The van der Waals surface area contributed by atoms with E-state index in [0.29, 0.717) is 11.6 Å². The minimum absolute atomic E-state index is 0.304. The van der Waals surface area contributed by atoms with Crippen molar-refractivity contribution >= 4 is 23.4 Å². The maximum Gasteiger partial charge on any atom is 0.0769 e. The average molecular weight is 217 g/mol. The molecule has 72 valence electrons. The van der Waals surface area contributed by atoms with E-state index in [0.717, 1.165) is 0 Å². The van der Waals surface area contributed by atoms with Gasteiger partial charge >= 0.3 is 0 Å². The van der Waals surface area contributed by atoms with Gasteiger partial charge in [0.05, 0.1) is 6.10 Å². The minimum Gasteiger partial charge on any atom is -0.391 e. The first kappa shape index (κ1) is 10.9. The normalized spacial score (nSPS) is 12.8. The van der Waals surface area contributed by atoms with E-state index >= 15 is 0 Å². The molecule has 0 aromatic heterocycles. The maximum absolute atomic E-state index is 9.22. The standard InChI is InChI=1S/C10H13ClOS/c1-8-2-4-10(5-3-8)13-7-9(12)6-11/h2-5,9,12H,6-7H2,1H3/t9-/m0/s1. The molecule has 1 aromatic rings. The fourth-order valence-corrected chi connectivity index (χ4v) is 1.94. The van der Waals surface area contributed by atoms with E-state index < -0.39 is 6.10 Å². The van der Waals surface area contributed by atoms with Gasteiger partial charge in [-0.3, -0.25) is 0 Å². The van der Waals surface area contributed by atoms with Crippen LogP contribution in [0.5, 0.6) is 0 Å². The first-order valence-electron chi connectivity index (χ1n) is 4.16. The molecule has 0 saturated heterocycles. The quantitative estimate of drug-likeness (QED) is 0.617. The molecule has 0 heterocycles. The Morgan fingerprint density at radius 2 is 2.00 bits per heavy atom. The smallest absolute Gasteiger partial charge is 0.0769 e. The van der Waals surface area contributed by atoms with E-state index in [1.807, 2.05) is 0 Å². The van der Waals surface area contributed by atoms with Gasteiger partial charge in [-0.15, -0.1) is 23.4 Å². The highest BCUT2D eigenvalue weighted by atomic mass is 35.5. The van der Waals surface area contributed by atoms with E-state index in [1.54, 1.807) is 11.8 Å². The van der Waals surface area contributed by atoms with Crippen molar-refractivity contribution in [3.05, 3.63) is 29.8 Å². The van der Waals surface area contributed by atoms with E-state index in [4.69, 9.17) is 11.6 Å². The van der Waals surface area contributed by atoms with E-state index in [2.05, 4.69) is 31.2 Å². The molecule has 0 aliphatic carbocycles. The van der Waals surface area contributed by atoms with Gasteiger partial charge in [-0.1, -0.05) is 17.7 Å². The molecule has 0 fully saturated rings. The summed E-state index contributed by atoms with van der Waals surface area (Å²) in [6.07, 6.45) is -0.409. The van der Waals surface area contributed by atoms with Crippen LogP contribution in [0.4, 0.5) is 0 Å². The van der Waals surface area contributed by atoms with Crippen LogP contribution in [-0.2, 0) is 0 Å². The molecule has 1 aromatic carbocycles. The van der Waals surface area contributed by atoms with Crippen molar-refractivity contribution in [1.82, 2.24) is 0 Å². The second kappa shape index (κ2) is 5.53. The van der Waals surface area contributed by atoms with Gasteiger partial charge in [0.1, 0.15) is 0 Å². The molecule has 0 spiro atoms. The Kier molecular flexibility index (Phi) is 4.64. The summed E-state index contributed by atoms with van der Waals surface area (Å²) in [7, 11) is 0. The third-order valence-corrected chi connectivity index (χ3v) is 3.15. The largest absolute Gasteiger partial charge is 0.391 e. The number of alkyl halides is 1. The Balaban J connectivity index is 2.41. The molecular formula is C10H13ClOS. The number of aryl methyl sites for hydroxylation is 1. The number of aliphatic hydroxyl groups is 1. The lowest BCUT2D eigenvalue weighted by Crippen LogP contribution is -2.10. The molecule has 0 radical (unpaired) electrons. The van der Waals surface area contributed by atoms with Crippen LogP contribution in [0, 0.1) is 6.92 Å². The third-order valence-electron chi connectivity index (χ3n) is 1.64. The molecule has 1 N–H and O–H groups in total. The third kappa shape index (κ3) is 4.03. The van der Waals surface area contributed by atoms with Gasteiger partial charge in [-0.25, -0.2) is 0 Å².